The molecule has 0 aromatic rings. The van der Waals surface area contributed by atoms with Gasteiger partial charge in [0, 0.05) is 25.9 Å². The first-order valence-electron chi connectivity index (χ1n) is 24.5. The van der Waals surface area contributed by atoms with E-state index in [9.17, 15) is 0 Å². The Morgan fingerprint density at radius 2 is 0.556 bits per heavy atom. The largest absolute Gasteiger partial charge is 0.353 e. The molecule has 0 aromatic carbocycles. The topological polar surface area (TPSA) is 289 Å². The van der Waals surface area contributed by atoms with Crippen molar-refractivity contribution >= 4 is 11.0 Å². The minimum absolute atomic E-state index is 0. The van der Waals surface area contributed by atoms with Gasteiger partial charge in [-0.2, -0.15) is 0 Å². The molecule has 9 aliphatic rings. The Balaban J connectivity index is 0.000000240. The molecule has 63 heavy (non-hydrogen) atoms. The molecule has 8 bridgehead atoms. The Labute approximate surface area is 379 Å². The molecule has 0 spiro atoms. The summed E-state index contributed by atoms with van der Waals surface area (Å²) in [6.45, 7) is 3.14. The SMILES string of the molecule is C1CCC2C3NC(NC4NC(NC5NC(NC6NC(N3)C3CCCCC63)C3CCCCC53)C3CCCCC43)C2C1.CCC(O)(O)NCCN(O)O.CCC(O)(O)NCCN(O)O.[SiH4]. The van der Waals surface area contributed by atoms with Crippen LogP contribution in [-0.4, -0.2) is 150 Å². The van der Waals surface area contributed by atoms with Gasteiger partial charge in [0.25, 0.3) is 0 Å². The van der Waals surface area contributed by atoms with Gasteiger partial charge in [0.1, 0.15) is 0 Å². The van der Waals surface area contributed by atoms with Crippen LogP contribution in [0.3, 0.4) is 0 Å². The number of hydrogen-bond acceptors (Lipinski definition) is 20. The van der Waals surface area contributed by atoms with Crippen molar-refractivity contribution in [2.24, 2.45) is 47.3 Å². The minimum atomic E-state index is -1.92. The smallest absolute Gasteiger partial charge is 0.222 e. The first kappa shape index (κ1) is 51.8. The van der Waals surface area contributed by atoms with Crippen LogP contribution in [0.25, 0.3) is 0 Å². The zero-order valence-electron chi connectivity index (χ0n) is 37.3. The van der Waals surface area contributed by atoms with Crippen LogP contribution in [0.2, 0.25) is 0 Å². The molecular weight excluding hydrogens is 829 g/mol. The lowest BCUT2D eigenvalue weighted by Crippen LogP contribution is -2.61. The Bertz CT molecular complexity index is 1130. The summed E-state index contributed by atoms with van der Waals surface area (Å²) in [7, 11) is 0. The molecule has 5 aliphatic heterocycles. The highest BCUT2D eigenvalue weighted by molar-refractivity contribution is 5.75. The maximum absolute atomic E-state index is 8.90. The maximum atomic E-state index is 8.90. The summed E-state index contributed by atoms with van der Waals surface area (Å²) in [5, 5.41) is 107. The summed E-state index contributed by atoms with van der Waals surface area (Å²) in [6.07, 6.45) is 25.8. The van der Waals surface area contributed by atoms with Crippen molar-refractivity contribution < 1.29 is 41.3 Å². The van der Waals surface area contributed by atoms with Gasteiger partial charge in [-0.05, 0) is 110 Å². The molecule has 21 heteroatoms. The number of rotatable bonds is 10. The molecule has 8 unspecified atom stereocenters. The summed E-state index contributed by atoms with van der Waals surface area (Å²) >= 11 is 0. The van der Waals surface area contributed by atoms with Gasteiger partial charge in [-0.25, -0.2) is 0 Å². The first-order valence-corrected chi connectivity index (χ1v) is 24.5. The van der Waals surface area contributed by atoms with E-state index >= 15 is 0 Å². The predicted octanol–water partition coefficient (Wildman–Crippen LogP) is -1.44. The van der Waals surface area contributed by atoms with Crippen molar-refractivity contribution in [3.63, 3.8) is 0 Å². The zero-order valence-corrected chi connectivity index (χ0v) is 37.3. The summed E-state index contributed by atoms with van der Waals surface area (Å²) < 4.78 is 0. The summed E-state index contributed by atoms with van der Waals surface area (Å²) in [4.78, 5) is 0. The molecule has 368 valence electrons. The lowest BCUT2D eigenvalue weighted by atomic mass is 9.76. The third-order valence-electron chi connectivity index (χ3n) is 16.2. The fourth-order valence-corrected chi connectivity index (χ4v) is 12.9. The molecule has 0 radical (unpaired) electrons. The van der Waals surface area contributed by atoms with E-state index in [0.29, 0.717) is 49.3 Å². The van der Waals surface area contributed by atoms with Crippen molar-refractivity contribution in [3.05, 3.63) is 0 Å². The second-order valence-electron chi connectivity index (χ2n) is 20.0. The van der Waals surface area contributed by atoms with Crippen LogP contribution in [-0.2, 0) is 0 Å². The van der Waals surface area contributed by atoms with Crippen molar-refractivity contribution in [2.75, 3.05) is 26.2 Å². The van der Waals surface area contributed by atoms with Crippen molar-refractivity contribution in [2.45, 2.75) is 191 Å². The van der Waals surface area contributed by atoms with Gasteiger partial charge in [0.05, 0.1) is 62.4 Å². The molecule has 4 aliphatic carbocycles. The highest BCUT2D eigenvalue weighted by Gasteiger charge is 2.54. The fraction of sp³-hybridized carbons (Fsp3) is 1.00. The number of fused-ring (bicyclic) bond motifs is 20. The second-order valence-corrected chi connectivity index (χ2v) is 20.0. The molecule has 0 aromatic heterocycles. The quantitative estimate of drug-likeness (QED) is 0.0679. The van der Waals surface area contributed by atoms with Crippen LogP contribution in [0.4, 0.5) is 0 Å². The molecule has 9 rings (SSSR count). The highest BCUT2D eigenvalue weighted by atomic mass is 28.1. The Kier molecular flexibility index (Phi) is 19.4. The standard InChI is InChI=1S/C32H56N8.2C5H14N2O4.H4Si/c1-2-10-18-17(9-1)25-33-26(18)38-28-21-13-5-6-14-22(21)30(35-28)40-32-24-16-8-7-15-23(24)31(36-32)39-29-20-12-4-3-11-19(20)27(34-29)37-25;2*1-2-5(8,9)6-3-4-7(10)11;/h17-40H,1-16H2;2*6,8-11H,2-4H2,1H3;1H4. The van der Waals surface area contributed by atoms with Crippen molar-refractivity contribution in [3.8, 4) is 0 Å². The summed E-state index contributed by atoms with van der Waals surface area (Å²) in [5.41, 5.74) is 0. The van der Waals surface area contributed by atoms with Crippen LogP contribution in [0.5, 0.6) is 0 Å². The number of hydroxylamine groups is 4. The van der Waals surface area contributed by atoms with Gasteiger partial charge < -0.3 is 20.4 Å². The van der Waals surface area contributed by atoms with Gasteiger partial charge in [-0.15, -0.1) is 0 Å². The normalized spacial score (nSPS) is 41.0. The van der Waals surface area contributed by atoms with E-state index in [1.54, 1.807) is 13.8 Å². The van der Waals surface area contributed by atoms with E-state index < -0.39 is 11.8 Å². The van der Waals surface area contributed by atoms with E-state index in [-0.39, 0.29) is 60.4 Å². The second kappa shape index (κ2) is 23.6. The number of nitrogens with zero attached hydrogens (tertiary/aromatic N) is 2. The lowest BCUT2D eigenvalue weighted by Gasteiger charge is -2.35. The maximum Gasteiger partial charge on any atom is 0.222 e. The molecule has 18 N–H and O–H groups in total. The molecule has 8 atom stereocenters. The number of hydrogen-bond donors (Lipinski definition) is 18. The van der Waals surface area contributed by atoms with Gasteiger partial charge in [-0.3, -0.25) is 74.0 Å². The monoisotopic (exact) mass is 917 g/mol. The average Bonchev–Trinajstić information content (AvgIpc) is 4.00. The zero-order chi connectivity index (χ0) is 44.0. The van der Waals surface area contributed by atoms with Crippen LogP contribution >= 0.6 is 0 Å². The van der Waals surface area contributed by atoms with E-state index in [1.807, 2.05) is 0 Å². The van der Waals surface area contributed by atoms with Crippen LogP contribution in [0.1, 0.15) is 129 Å². The highest BCUT2D eigenvalue weighted by Crippen LogP contribution is 2.45. The van der Waals surface area contributed by atoms with E-state index in [0.717, 1.165) is 47.3 Å². The molecular formula is C42H88N12O8Si. The molecule has 0 amide bonds. The Hall–Kier alpha value is -0.583. The minimum Gasteiger partial charge on any atom is -0.353 e. The van der Waals surface area contributed by atoms with E-state index in [1.165, 1.54) is 103 Å². The molecule has 9 fully saturated rings. The lowest BCUT2D eigenvalue weighted by molar-refractivity contribution is -0.308. The van der Waals surface area contributed by atoms with Gasteiger partial charge >= 0.3 is 0 Å². The van der Waals surface area contributed by atoms with Crippen molar-refractivity contribution in [1.29, 1.82) is 0 Å². The first-order chi connectivity index (χ1) is 29.8. The van der Waals surface area contributed by atoms with Gasteiger partial charge in [0.2, 0.25) is 11.8 Å². The third kappa shape index (κ3) is 13.4. The predicted molar refractivity (Wildman–Crippen MR) is 240 cm³/mol. The Morgan fingerprint density at radius 3 is 0.698 bits per heavy atom. The van der Waals surface area contributed by atoms with Crippen molar-refractivity contribution in [1.82, 2.24) is 63.6 Å². The summed E-state index contributed by atoms with van der Waals surface area (Å²) in [5.74, 6) is 2.13. The number of nitrogens with one attached hydrogen (secondary N) is 10. The fourth-order valence-electron chi connectivity index (χ4n) is 12.9. The van der Waals surface area contributed by atoms with Crippen LogP contribution < -0.4 is 53.2 Å². The summed E-state index contributed by atoms with van der Waals surface area (Å²) in [6, 6.07) is 0. The Morgan fingerprint density at radius 1 is 0.381 bits per heavy atom. The molecule has 4 saturated carbocycles. The van der Waals surface area contributed by atoms with Gasteiger partial charge in [0.15, 0.2) is 0 Å². The molecule has 20 nitrogen and oxygen atoms in total. The van der Waals surface area contributed by atoms with E-state index in [4.69, 9.17) is 41.3 Å². The van der Waals surface area contributed by atoms with Crippen LogP contribution in [0.15, 0.2) is 0 Å². The third-order valence-corrected chi connectivity index (χ3v) is 16.2. The van der Waals surface area contributed by atoms with Gasteiger partial charge in [-0.1, -0.05) is 75.7 Å². The van der Waals surface area contributed by atoms with Crippen LogP contribution in [0, 0.1) is 47.3 Å². The number of aliphatic hydroxyl groups is 4. The molecule has 5 saturated heterocycles. The molecule has 5 heterocycles. The average molecular weight is 917 g/mol. The van der Waals surface area contributed by atoms with E-state index in [2.05, 4.69) is 53.2 Å².